The van der Waals surface area contributed by atoms with Gasteiger partial charge in [-0.25, -0.2) is 0 Å². The van der Waals surface area contributed by atoms with E-state index in [1.54, 1.807) is 30.5 Å². The smallest absolute Gasteiger partial charge is 0.267 e. The minimum atomic E-state index is -0.417. The van der Waals surface area contributed by atoms with Gasteiger partial charge in [0, 0.05) is 16.3 Å². The summed E-state index contributed by atoms with van der Waals surface area (Å²) in [5.74, 6) is -0.834. The zero-order chi connectivity index (χ0) is 19.3. The second-order valence-electron chi connectivity index (χ2n) is 6.53. The second kappa shape index (κ2) is 6.29. The molecule has 0 aromatic heterocycles. The molecule has 1 aliphatic rings. The van der Waals surface area contributed by atoms with Gasteiger partial charge in [-0.3, -0.25) is 9.59 Å². The molecule has 0 atom stereocenters. The van der Waals surface area contributed by atoms with E-state index in [9.17, 15) is 9.59 Å². The normalized spacial score (nSPS) is 13.8. The van der Waals surface area contributed by atoms with Crippen LogP contribution in [0.2, 0.25) is 5.02 Å². The van der Waals surface area contributed by atoms with Crippen molar-refractivity contribution >= 4 is 51.2 Å². The van der Waals surface area contributed by atoms with Gasteiger partial charge in [0.25, 0.3) is 11.8 Å². The molecule has 0 bridgehead atoms. The minimum Gasteiger partial charge on any atom is -0.267 e. The summed E-state index contributed by atoms with van der Waals surface area (Å²) >= 11 is 6.62. The maximum absolute atomic E-state index is 12.6. The van der Waals surface area contributed by atoms with Crippen molar-refractivity contribution in [2.24, 2.45) is 5.10 Å². The van der Waals surface area contributed by atoms with E-state index >= 15 is 0 Å². The molecule has 0 spiro atoms. The van der Waals surface area contributed by atoms with Crippen LogP contribution >= 0.6 is 11.6 Å². The lowest BCUT2D eigenvalue weighted by Crippen LogP contribution is -2.24. The van der Waals surface area contributed by atoms with Crippen molar-refractivity contribution in [1.82, 2.24) is 5.01 Å². The van der Waals surface area contributed by atoms with Crippen LogP contribution < -0.4 is 0 Å². The van der Waals surface area contributed by atoms with Gasteiger partial charge in [0.1, 0.15) is 0 Å². The standard InChI is InChI=1S/C23H13ClN2O2/c24-21-16-9-3-1-7-14(16)20(15-8-2-4-10-17(15)21)13-25-26-22(27)18-11-5-6-12-19(18)23(26)28/h1-13H/b25-13+. The van der Waals surface area contributed by atoms with E-state index in [2.05, 4.69) is 5.10 Å². The molecule has 28 heavy (non-hydrogen) atoms. The Balaban J connectivity index is 1.69. The average molecular weight is 385 g/mol. The molecule has 4 nitrogen and oxygen atoms in total. The van der Waals surface area contributed by atoms with Gasteiger partial charge in [-0.1, -0.05) is 72.3 Å². The number of fused-ring (bicyclic) bond motifs is 3. The fourth-order valence-corrected chi connectivity index (χ4v) is 3.97. The first-order valence-electron chi connectivity index (χ1n) is 8.77. The van der Waals surface area contributed by atoms with Crippen LogP contribution in [0.1, 0.15) is 26.3 Å². The summed E-state index contributed by atoms with van der Waals surface area (Å²) in [4.78, 5) is 25.2. The lowest BCUT2D eigenvalue weighted by molar-refractivity contribution is 0.0660. The molecular formula is C23H13ClN2O2. The first-order chi connectivity index (χ1) is 13.7. The van der Waals surface area contributed by atoms with Crippen LogP contribution in [0, 0.1) is 0 Å². The lowest BCUT2D eigenvalue weighted by Gasteiger charge is -2.11. The zero-order valence-electron chi connectivity index (χ0n) is 14.6. The van der Waals surface area contributed by atoms with Crippen LogP contribution in [0.15, 0.2) is 77.9 Å². The fraction of sp³-hybridized carbons (Fsp3) is 0. The predicted molar refractivity (Wildman–Crippen MR) is 111 cm³/mol. The van der Waals surface area contributed by atoms with Gasteiger partial charge < -0.3 is 0 Å². The Hall–Kier alpha value is -3.50. The topological polar surface area (TPSA) is 49.7 Å². The Morgan fingerprint density at radius 1 is 0.679 bits per heavy atom. The Morgan fingerprint density at radius 2 is 1.11 bits per heavy atom. The van der Waals surface area contributed by atoms with E-state index in [0.717, 1.165) is 32.1 Å². The van der Waals surface area contributed by atoms with E-state index < -0.39 is 11.8 Å². The number of hydrogen-bond donors (Lipinski definition) is 0. The van der Waals surface area contributed by atoms with Crippen molar-refractivity contribution < 1.29 is 9.59 Å². The molecule has 1 aliphatic heterocycles. The molecule has 0 fully saturated rings. The van der Waals surface area contributed by atoms with Gasteiger partial charge in [0.15, 0.2) is 0 Å². The highest BCUT2D eigenvalue weighted by molar-refractivity contribution is 6.42. The maximum Gasteiger partial charge on any atom is 0.282 e. The van der Waals surface area contributed by atoms with Gasteiger partial charge in [0.2, 0.25) is 0 Å². The fourth-order valence-electron chi connectivity index (χ4n) is 3.64. The third-order valence-corrected chi connectivity index (χ3v) is 5.39. The number of carbonyl (C=O) groups is 2. The van der Waals surface area contributed by atoms with Crippen LogP contribution in [-0.4, -0.2) is 23.0 Å². The average Bonchev–Trinajstić information content (AvgIpc) is 2.99. The first kappa shape index (κ1) is 16.7. The molecule has 1 heterocycles. The molecule has 2 amide bonds. The monoisotopic (exact) mass is 384 g/mol. The number of amides is 2. The molecule has 4 aromatic carbocycles. The number of carbonyl (C=O) groups excluding carboxylic acids is 2. The van der Waals surface area contributed by atoms with Crippen LogP contribution in [0.4, 0.5) is 0 Å². The molecular weight excluding hydrogens is 372 g/mol. The van der Waals surface area contributed by atoms with Crippen molar-refractivity contribution in [3.8, 4) is 0 Å². The van der Waals surface area contributed by atoms with Crippen LogP contribution in [0.5, 0.6) is 0 Å². The third kappa shape index (κ3) is 2.35. The lowest BCUT2D eigenvalue weighted by atomic mass is 9.97. The molecule has 5 heteroatoms. The minimum absolute atomic E-state index is 0.371. The van der Waals surface area contributed by atoms with Crippen molar-refractivity contribution in [3.05, 3.63) is 94.5 Å². The highest BCUT2D eigenvalue weighted by Gasteiger charge is 2.35. The number of nitrogens with zero attached hydrogens (tertiary/aromatic N) is 2. The van der Waals surface area contributed by atoms with Crippen LogP contribution in [0.3, 0.4) is 0 Å². The number of imide groups is 1. The zero-order valence-corrected chi connectivity index (χ0v) is 15.4. The maximum atomic E-state index is 12.6. The van der Waals surface area contributed by atoms with Gasteiger partial charge in [-0.2, -0.15) is 10.1 Å². The van der Waals surface area contributed by atoms with Crippen LogP contribution in [0.25, 0.3) is 21.5 Å². The van der Waals surface area contributed by atoms with Crippen molar-refractivity contribution in [1.29, 1.82) is 0 Å². The molecule has 5 rings (SSSR count). The van der Waals surface area contributed by atoms with Crippen LogP contribution in [-0.2, 0) is 0 Å². The SMILES string of the molecule is O=C1c2ccccc2C(=O)N1/N=C/c1c2ccccc2c(Cl)c2ccccc12. The van der Waals surface area contributed by atoms with E-state index in [4.69, 9.17) is 11.6 Å². The number of hydrogen-bond acceptors (Lipinski definition) is 3. The predicted octanol–water partition coefficient (Wildman–Crippen LogP) is 5.28. The second-order valence-corrected chi connectivity index (χ2v) is 6.91. The van der Waals surface area contributed by atoms with E-state index in [0.29, 0.717) is 16.1 Å². The summed E-state index contributed by atoms with van der Waals surface area (Å²) in [5, 5.41) is 9.46. The van der Waals surface area contributed by atoms with E-state index in [-0.39, 0.29) is 0 Å². The molecule has 0 unspecified atom stereocenters. The Labute approximate surface area is 165 Å². The molecule has 0 saturated heterocycles. The summed E-state index contributed by atoms with van der Waals surface area (Å²) in [6.07, 6.45) is 1.57. The third-order valence-electron chi connectivity index (χ3n) is 4.98. The van der Waals surface area contributed by atoms with Gasteiger partial charge >= 0.3 is 0 Å². The summed E-state index contributed by atoms with van der Waals surface area (Å²) in [6.45, 7) is 0. The Morgan fingerprint density at radius 3 is 1.61 bits per heavy atom. The van der Waals surface area contributed by atoms with Gasteiger partial charge in [0.05, 0.1) is 22.4 Å². The number of halogens is 1. The van der Waals surface area contributed by atoms with Crippen molar-refractivity contribution in [3.63, 3.8) is 0 Å². The quantitative estimate of drug-likeness (QED) is 0.268. The molecule has 0 N–H and O–H groups in total. The highest BCUT2D eigenvalue weighted by Crippen LogP contribution is 2.35. The molecule has 134 valence electrons. The Bertz CT molecular complexity index is 1230. The number of rotatable bonds is 2. The molecule has 4 aromatic rings. The number of benzene rings is 4. The molecule has 0 radical (unpaired) electrons. The summed E-state index contributed by atoms with van der Waals surface area (Å²) < 4.78 is 0. The first-order valence-corrected chi connectivity index (χ1v) is 9.15. The van der Waals surface area contributed by atoms with E-state index in [1.165, 1.54) is 0 Å². The Kier molecular flexibility index (Phi) is 3.74. The summed E-state index contributed by atoms with van der Waals surface area (Å²) in [7, 11) is 0. The van der Waals surface area contributed by atoms with Crippen molar-refractivity contribution in [2.75, 3.05) is 0 Å². The van der Waals surface area contributed by atoms with Gasteiger partial charge in [-0.15, -0.1) is 0 Å². The summed E-state index contributed by atoms with van der Waals surface area (Å²) in [5.41, 5.74) is 1.55. The molecule has 0 saturated carbocycles. The molecule has 0 aliphatic carbocycles. The highest BCUT2D eigenvalue weighted by atomic mass is 35.5. The van der Waals surface area contributed by atoms with Crippen molar-refractivity contribution in [2.45, 2.75) is 0 Å². The largest absolute Gasteiger partial charge is 0.282 e. The summed E-state index contributed by atoms with van der Waals surface area (Å²) in [6, 6.07) is 22.2. The van der Waals surface area contributed by atoms with E-state index in [1.807, 2.05) is 48.5 Å². The van der Waals surface area contributed by atoms with Gasteiger partial charge in [-0.05, 0) is 22.9 Å². The number of hydrazone groups is 1.